The predicted molar refractivity (Wildman–Crippen MR) is 221 cm³/mol. The predicted octanol–water partition coefficient (Wildman–Crippen LogP) is 12.6. The summed E-state index contributed by atoms with van der Waals surface area (Å²) in [6.45, 7) is 0. The number of hydrogen-bond acceptors (Lipinski definition) is 3. The number of nitrogens with zero attached hydrogens (tertiary/aromatic N) is 5. The quantitative estimate of drug-likeness (QED) is 0.187. The van der Waals surface area contributed by atoms with Crippen LogP contribution in [-0.4, -0.2) is 18.8 Å². The molecular formula is C48H27N5. The third-order valence-corrected chi connectivity index (χ3v) is 11.5. The second-order valence-corrected chi connectivity index (χ2v) is 14.2. The van der Waals surface area contributed by atoms with E-state index in [-0.39, 0.29) is 0 Å². The molecule has 0 atom stereocenters. The lowest BCUT2D eigenvalue weighted by molar-refractivity contribution is 1.24. The lowest BCUT2D eigenvalue weighted by Gasteiger charge is -2.28. The molecule has 5 heterocycles. The summed E-state index contributed by atoms with van der Waals surface area (Å²) >= 11 is 0. The zero-order valence-electron chi connectivity index (χ0n) is 28.3. The summed E-state index contributed by atoms with van der Waals surface area (Å²) < 4.78 is 4.76. The van der Waals surface area contributed by atoms with Gasteiger partial charge in [-0.05, 0) is 58.6 Å². The molecule has 0 N–H and O–H groups in total. The second-order valence-electron chi connectivity index (χ2n) is 14.2. The molecule has 0 fully saturated rings. The van der Waals surface area contributed by atoms with Crippen LogP contribution in [0.1, 0.15) is 0 Å². The summed E-state index contributed by atoms with van der Waals surface area (Å²) in [6, 6.07) is 59.1. The van der Waals surface area contributed by atoms with Gasteiger partial charge in [-0.15, -0.1) is 0 Å². The molecule has 13 rings (SSSR count). The number of hydrogen-bond donors (Lipinski definition) is 0. The van der Waals surface area contributed by atoms with E-state index in [0.717, 1.165) is 66.7 Å². The first-order valence-corrected chi connectivity index (χ1v) is 18.1. The molecule has 5 aromatic heterocycles. The van der Waals surface area contributed by atoms with Gasteiger partial charge >= 0.3 is 0 Å². The van der Waals surface area contributed by atoms with Gasteiger partial charge in [0.25, 0.3) is 0 Å². The molecule has 0 radical (unpaired) electrons. The first-order chi connectivity index (χ1) is 26.3. The molecule has 53 heavy (non-hydrogen) atoms. The summed E-state index contributed by atoms with van der Waals surface area (Å²) in [5.41, 5.74) is 11.5. The summed E-state index contributed by atoms with van der Waals surface area (Å²) in [6.07, 6.45) is 0. The van der Waals surface area contributed by atoms with E-state index in [4.69, 9.17) is 9.97 Å². The molecule has 0 aliphatic heterocycles. The fourth-order valence-electron chi connectivity index (χ4n) is 9.31. The van der Waals surface area contributed by atoms with Crippen molar-refractivity contribution in [3.05, 3.63) is 164 Å². The molecule has 13 aromatic rings. The largest absolute Gasteiger partial charge is 0.308 e. The van der Waals surface area contributed by atoms with Gasteiger partial charge in [-0.2, -0.15) is 0 Å². The highest BCUT2D eigenvalue weighted by molar-refractivity contribution is 6.29. The van der Waals surface area contributed by atoms with Crippen molar-refractivity contribution in [1.29, 1.82) is 0 Å². The highest BCUT2D eigenvalue weighted by atomic mass is 15.2. The standard InChI is InChI=1S/C48H27N5/c1-3-16-31(17-4-1)51(32-18-5-2-6-19-32)45-33-20-10-9-15-30(33)26-39-35-22-12-24-37-42-48(53(44(35)37)46(39)45)50-41-36-23-11-21-34-38-25-28-13-7-8-14-29(28)27-40(38)52(43(34)36)47(41)49-42/h1-27H. The highest BCUT2D eigenvalue weighted by Crippen LogP contribution is 2.49. The third kappa shape index (κ3) is 3.42. The van der Waals surface area contributed by atoms with Crippen molar-refractivity contribution in [2.24, 2.45) is 0 Å². The van der Waals surface area contributed by atoms with Crippen LogP contribution in [0, 0.1) is 0 Å². The van der Waals surface area contributed by atoms with Crippen molar-refractivity contribution >= 4 is 115 Å². The first-order valence-electron chi connectivity index (χ1n) is 18.1. The van der Waals surface area contributed by atoms with Gasteiger partial charge in [0, 0.05) is 49.1 Å². The molecule has 0 saturated carbocycles. The zero-order chi connectivity index (χ0) is 34.4. The summed E-state index contributed by atoms with van der Waals surface area (Å²) in [4.78, 5) is 13.7. The van der Waals surface area contributed by atoms with E-state index in [9.17, 15) is 0 Å². The van der Waals surface area contributed by atoms with Crippen LogP contribution in [-0.2, 0) is 0 Å². The van der Waals surface area contributed by atoms with Gasteiger partial charge in [0.15, 0.2) is 11.3 Å². The van der Waals surface area contributed by atoms with E-state index in [1.807, 2.05) is 0 Å². The van der Waals surface area contributed by atoms with Gasteiger partial charge in [0.05, 0.1) is 27.8 Å². The molecule has 0 bridgehead atoms. The summed E-state index contributed by atoms with van der Waals surface area (Å²) in [5, 5.41) is 11.9. The number of rotatable bonds is 3. The van der Waals surface area contributed by atoms with Crippen molar-refractivity contribution in [2.75, 3.05) is 4.90 Å². The number of aromatic nitrogens is 4. The van der Waals surface area contributed by atoms with Crippen molar-refractivity contribution in [3.63, 3.8) is 0 Å². The molecule has 0 amide bonds. The fraction of sp³-hybridized carbons (Fsp3) is 0. The average molecular weight is 674 g/mol. The van der Waals surface area contributed by atoms with E-state index >= 15 is 0 Å². The number of fused-ring (bicyclic) bond motifs is 14. The van der Waals surface area contributed by atoms with E-state index in [2.05, 4.69) is 177 Å². The molecule has 0 spiro atoms. The minimum atomic E-state index is 0.875. The van der Waals surface area contributed by atoms with Crippen LogP contribution in [0.4, 0.5) is 17.1 Å². The molecular weight excluding hydrogens is 647 g/mol. The van der Waals surface area contributed by atoms with Gasteiger partial charge in [-0.3, -0.25) is 8.80 Å². The topological polar surface area (TPSA) is 37.8 Å². The van der Waals surface area contributed by atoms with Crippen molar-refractivity contribution in [1.82, 2.24) is 18.8 Å². The highest BCUT2D eigenvalue weighted by Gasteiger charge is 2.28. The number of anilines is 3. The fourth-order valence-corrected chi connectivity index (χ4v) is 9.31. The number of para-hydroxylation sites is 4. The van der Waals surface area contributed by atoms with Gasteiger partial charge in [0.2, 0.25) is 0 Å². The molecule has 5 heteroatoms. The van der Waals surface area contributed by atoms with Crippen LogP contribution in [0.5, 0.6) is 0 Å². The maximum absolute atomic E-state index is 5.66. The minimum absolute atomic E-state index is 0.875. The van der Waals surface area contributed by atoms with Crippen LogP contribution >= 0.6 is 0 Å². The van der Waals surface area contributed by atoms with Gasteiger partial charge in [-0.25, -0.2) is 9.97 Å². The van der Waals surface area contributed by atoms with Crippen molar-refractivity contribution in [2.45, 2.75) is 0 Å². The van der Waals surface area contributed by atoms with Gasteiger partial charge in [-0.1, -0.05) is 121 Å². The van der Waals surface area contributed by atoms with Crippen LogP contribution < -0.4 is 4.90 Å². The SMILES string of the molecule is c1ccc(N(c2ccccc2)c2c3ccccc3cc3c4cccc5c6nc7c(nc6n(c23)c45)c2cccc3c4cc5ccccc5cc4n7c32)cc1. The van der Waals surface area contributed by atoms with Crippen LogP contribution in [0.15, 0.2) is 164 Å². The Morgan fingerprint density at radius 3 is 1.53 bits per heavy atom. The maximum atomic E-state index is 5.66. The molecule has 5 nitrogen and oxygen atoms in total. The Morgan fingerprint density at radius 1 is 0.358 bits per heavy atom. The van der Waals surface area contributed by atoms with E-state index in [1.54, 1.807) is 0 Å². The normalized spacial score (nSPS) is 12.5. The Bertz CT molecular complexity index is 3580. The lowest BCUT2D eigenvalue weighted by Crippen LogP contribution is -2.11. The van der Waals surface area contributed by atoms with Gasteiger partial charge < -0.3 is 4.90 Å². The molecule has 8 aromatic carbocycles. The molecule has 244 valence electrons. The van der Waals surface area contributed by atoms with Crippen LogP contribution in [0.2, 0.25) is 0 Å². The first kappa shape index (κ1) is 27.5. The smallest absolute Gasteiger partial charge is 0.165 e. The lowest BCUT2D eigenvalue weighted by atomic mass is 10.0. The summed E-state index contributed by atoms with van der Waals surface area (Å²) in [7, 11) is 0. The number of benzene rings is 8. The van der Waals surface area contributed by atoms with E-state index < -0.39 is 0 Å². The Morgan fingerprint density at radius 2 is 0.849 bits per heavy atom. The van der Waals surface area contributed by atoms with Crippen LogP contribution in [0.3, 0.4) is 0 Å². The monoisotopic (exact) mass is 673 g/mol. The van der Waals surface area contributed by atoms with E-state index in [0.29, 0.717) is 0 Å². The Labute approximate surface area is 301 Å². The maximum Gasteiger partial charge on any atom is 0.165 e. The average Bonchev–Trinajstić information content (AvgIpc) is 3.93. The zero-order valence-corrected chi connectivity index (χ0v) is 28.3. The Hall–Kier alpha value is -7.24. The molecule has 0 saturated heterocycles. The van der Waals surface area contributed by atoms with Gasteiger partial charge in [0.1, 0.15) is 11.0 Å². The second kappa shape index (κ2) is 9.75. The molecule has 0 aliphatic carbocycles. The minimum Gasteiger partial charge on any atom is -0.308 e. The summed E-state index contributed by atoms with van der Waals surface area (Å²) in [5.74, 6) is 0. The molecule has 0 unspecified atom stereocenters. The Kier molecular flexibility index (Phi) is 5.06. The third-order valence-electron chi connectivity index (χ3n) is 11.5. The van der Waals surface area contributed by atoms with Crippen molar-refractivity contribution in [3.8, 4) is 0 Å². The van der Waals surface area contributed by atoms with Crippen LogP contribution in [0.25, 0.3) is 98.3 Å². The Balaban J connectivity index is 1.24. The van der Waals surface area contributed by atoms with Crippen molar-refractivity contribution < 1.29 is 0 Å². The molecule has 0 aliphatic rings. The van der Waals surface area contributed by atoms with E-state index in [1.165, 1.54) is 48.6 Å².